The van der Waals surface area contributed by atoms with Gasteiger partial charge in [0.1, 0.15) is 5.75 Å². The number of amides is 1. The van der Waals surface area contributed by atoms with Crippen LogP contribution < -0.4 is 15.8 Å². The molecule has 0 unspecified atom stereocenters. The van der Waals surface area contributed by atoms with Crippen molar-refractivity contribution in [2.75, 3.05) is 20.2 Å². The van der Waals surface area contributed by atoms with Crippen LogP contribution in [0.5, 0.6) is 5.75 Å². The zero-order valence-electron chi connectivity index (χ0n) is 9.53. The van der Waals surface area contributed by atoms with Crippen molar-refractivity contribution in [3.63, 3.8) is 0 Å². The van der Waals surface area contributed by atoms with Crippen molar-refractivity contribution in [2.45, 2.75) is 6.42 Å². The van der Waals surface area contributed by atoms with Gasteiger partial charge in [0.2, 0.25) is 0 Å². The van der Waals surface area contributed by atoms with Crippen LogP contribution in [0.1, 0.15) is 16.8 Å². The predicted molar refractivity (Wildman–Crippen MR) is 71.3 cm³/mol. The van der Waals surface area contributed by atoms with Crippen LogP contribution in [-0.2, 0) is 0 Å². The molecule has 0 saturated carbocycles. The molecule has 3 N–H and O–H groups in total. The number of halogens is 2. The summed E-state index contributed by atoms with van der Waals surface area (Å²) in [6.07, 6.45) is 0.745. The zero-order chi connectivity index (χ0) is 12.0. The molecule has 1 aromatic rings. The van der Waals surface area contributed by atoms with Crippen LogP contribution in [0, 0.1) is 0 Å². The van der Waals surface area contributed by atoms with E-state index in [1.807, 2.05) is 0 Å². The maximum absolute atomic E-state index is 11.8. The summed E-state index contributed by atoms with van der Waals surface area (Å²) in [5, 5.41) is 3.25. The van der Waals surface area contributed by atoms with E-state index in [4.69, 9.17) is 22.1 Å². The molecular formula is C11H16Cl2N2O2. The van der Waals surface area contributed by atoms with Gasteiger partial charge in [-0.15, -0.1) is 12.4 Å². The van der Waals surface area contributed by atoms with Crippen LogP contribution in [0.3, 0.4) is 0 Å². The van der Waals surface area contributed by atoms with Gasteiger partial charge in [-0.1, -0.05) is 11.6 Å². The van der Waals surface area contributed by atoms with Gasteiger partial charge in [-0.25, -0.2) is 0 Å². The SMILES string of the molecule is COc1ccc(Cl)cc1C(=O)NCCCN.Cl. The van der Waals surface area contributed by atoms with E-state index >= 15 is 0 Å². The quantitative estimate of drug-likeness (QED) is 0.808. The van der Waals surface area contributed by atoms with Gasteiger partial charge in [-0.3, -0.25) is 4.79 Å². The molecule has 17 heavy (non-hydrogen) atoms. The fraction of sp³-hybridized carbons (Fsp3) is 0.364. The Balaban J connectivity index is 0.00000256. The van der Waals surface area contributed by atoms with Gasteiger partial charge in [0.25, 0.3) is 5.91 Å². The molecule has 6 heteroatoms. The molecular weight excluding hydrogens is 263 g/mol. The first-order valence-corrected chi connectivity index (χ1v) is 5.38. The first-order valence-electron chi connectivity index (χ1n) is 5.01. The summed E-state index contributed by atoms with van der Waals surface area (Å²) in [5.41, 5.74) is 5.77. The van der Waals surface area contributed by atoms with Crippen LogP contribution in [0.2, 0.25) is 5.02 Å². The summed E-state index contributed by atoms with van der Waals surface area (Å²) in [4.78, 5) is 11.8. The molecule has 0 spiro atoms. The first-order chi connectivity index (χ1) is 7.69. The lowest BCUT2D eigenvalue weighted by molar-refractivity contribution is 0.0950. The molecule has 0 aliphatic heterocycles. The van der Waals surface area contributed by atoms with Crippen molar-refractivity contribution in [2.24, 2.45) is 5.73 Å². The van der Waals surface area contributed by atoms with E-state index in [1.54, 1.807) is 18.2 Å². The number of nitrogens with one attached hydrogen (secondary N) is 1. The number of carbonyl (C=O) groups excluding carboxylic acids is 1. The van der Waals surface area contributed by atoms with E-state index in [0.29, 0.717) is 29.4 Å². The van der Waals surface area contributed by atoms with Gasteiger partial charge >= 0.3 is 0 Å². The van der Waals surface area contributed by atoms with Crippen LogP contribution in [-0.4, -0.2) is 26.1 Å². The summed E-state index contributed by atoms with van der Waals surface area (Å²) in [5.74, 6) is 0.308. The predicted octanol–water partition coefficient (Wildman–Crippen LogP) is 1.85. The second-order valence-electron chi connectivity index (χ2n) is 3.24. The fourth-order valence-corrected chi connectivity index (χ4v) is 1.43. The molecule has 0 fully saturated rings. The topological polar surface area (TPSA) is 64.3 Å². The summed E-state index contributed by atoms with van der Waals surface area (Å²) < 4.78 is 5.08. The fourth-order valence-electron chi connectivity index (χ4n) is 1.26. The number of rotatable bonds is 5. The molecule has 0 aromatic heterocycles. The van der Waals surface area contributed by atoms with E-state index in [1.165, 1.54) is 7.11 Å². The summed E-state index contributed by atoms with van der Waals surface area (Å²) >= 11 is 5.82. The second-order valence-corrected chi connectivity index (χ2v) is 3.68. The average molecular weight is 279 g/mol. The normalized spacial score (nSPS) is 9.35. The molecule has 0 saturated heterocycles. The Kier molecular flexibility index (Phi) is 7.70. The van der Waals surface area contributed by atoms with Gasteiger partial charge in [0.05, 0.1) is 12.7 Å². The van der Waals surface area contributed by atoms with E-state index in [9.17, 15) is 4.79 Å². The Morgan fingerprint density at radius 2 is 2.24 bits per heavy atom. The molecule has 1 rings (SSSR count). The van der Waals surface area contributed by atoms with Gasteiger partial charge in [-0.05, 0) is 31.2 Å². The molecule has 0 bridgehead atoms. The number of ether oxygens (including phenoxy) is 1. The van der Waals surface area contributed by atoms with Gasteiger partial charge < -0.3 is 15.8 Å². The van der Waals surface area contributed by atoms with Gasteiger partial charge in [-0.2, -0.15) is 0 Å². The lowest BCUT2D eigenvalue weighted by Crippen LogP contribution is -2.26. The molecule has 1 amide bonds. The van der Waals surface area contributed by atoms with E-state index in [-0.39, 0.29) is 18.3 Å². The van der Waals surface area contributed by atoms with Crippen molar-refractivity contribution in [1.82, 2.24) is 5.32 Å². The van der Waals surface area contributed by atoms with Crippen molar-refractivity contribution in [1.29, 1.82) is 0 Å². The molecule has 0 heterocycles. The van der Waals surface area contributed by atoms with Crippen LogP contribution in [0.4, 0.5) is 0 Å². The van der Waals surface area contributed by atoms with Gasteiger partial charge in [0.15, 0.2) is 0 Å². The molecule has 0 aliphatic carbocycles. The highest BCUT2D eigenvalue weighted by molar-refractivity contribution is 6.31. The molecule has 1 aromatic carbocycles. The number of carbonyl (C=O) groups is 1. The highest BCUT2D eigenvalue weighted by Crippen LogP contribution is 2.22. The Morgan fingerprint density at radius 1 is 1.53 bits per heavy atom. The van der Waals surface area contributed by atoms with Crippen LogP contribution in [0.15, 0.2) is 18.2 Å². The first kappa shape index (κ1) is 16.0. The summed E-state index contributed by atoms with van der Waals surface area (Å²) in [7, 11) is 1.51. The second kappa shape index (κ2) is 8.17. The third kappa shape index (κ3) is 4.81. The Labute approximate surface area is 112 Å². The highest BCUT2D eigenvalue weighted by Gasteiger charge is 2.11. The maximum Gasteiger partial charge on any atom is 0.255 e. The third-order valence-electron chi connectivity index (χ3n) is 2.07. The largest absolute Gasteiger partial charge is 0.496 e. The van der Waals surface area contributed by atoms with Crippen LogP contribution >= 0.6 is 24.0 Å². The summed E-state index contributed by atoms with van der Waals surface area (Å²) in [6.45, 7) is 1.10. The lowest BCUT2D eigenvalue weighted by atomic mass is 10.2. The maximum atomic E-state index is 11.8. The minimum atomic E-state index is -0.201. The van der Waals surface area contributed by atoms with Crippen molar-refractivity contribution < 1.29 is 9.53 Å². The van der Waals surface area contributed by atoms with Crippen LogP contribution in [0.25, 0.3) is 0 Å². The minimum absolute atomic E-state index is 0. The smallest absolute Gasteiger partial charge is 0.255 e. The molecule has 0 atom stereocenters. The molecule has 0 radical (unpaired) electrons. The number of hydrogen-bond donors (Lipinski definition) is 2. The Hall–Kier alpha value is -0.970. The average Bonchev–Trinajstić information content (AvgIpc) is 2.29. The Morgan fingerprint density at radius 3 is 2.82 bits per heavy atom. The Bertz CT molecular complexity index is 372. The number of nitrogens with two attached hydrogens (primary N) is 1. The number of methoxy groups -OCH3 is 1. The van der Waals surface area contributed by atoms with E-state index in [0.717, 1.165) is 6.42 Å². The van der Waals surface area contributed by atoms with Gasteiger partial charge in [0, 0.05) is 11.6 Å². The molecule has 96 valence electrons. The number of hydrogen-bond acceptors (Lipinski definition) is 3. The van der Waals surface area contributed by atoms with Crippen molar-refractivity contribution in [3.8, 4) is 5.75 Å². The van der Waals surface area contributed by atoms with E-state index < -0.39 is 0 Å². The molecule has 4 nitrogen and oxygen atoms in total. The van der Waals surface area contributed by atoms with E-state index in [2.05, 4.69) is 5.32 Å². The van der Waals surface area contributed by atoms with Crippen molar-refractivity contribution in [3.05, 3.63) is 28.8 Å². The monoisotopic (exact) mass is 278 g/mol. The molecule has 0 aliphatic rings. The van der Waals surface area contributed by atoms with Crippen molar-refractivity contribution >= 4 is 29.9 Å². The lowest BCUT2D eigenvalue weighted by Gasteiger charge is -2.09. The number of benzene rings is 1. The minimum Gasteiger partial charge on any atom is -0.496 e. The highest BCUT2D eigenvalue weighted by atomic mass is 35.5. The summed E-state index contributed by atoms with van der Waals surface area (Å²) in [6, 6.07) is 4.93. The standard InChI is InChI=1S/C11H15ClN2O2.ClH/c1-16-10-4-3-8(12)7-9(10)11(15)14-6-2-5-13;/h3-4,7H,2,5-6,13H2,1H3,(H,14,15);1H. The zero-order valence-corrected chi connectivity index (χ0v) is 11.1. The third-order valence-corrected chi connectivity index (χ3v) is 2.31.